The first kappa shape index (κ1) is 23.7. The van der Waals surface area contributed by atoms with Crippen molar-refractivity contribution < 1.29 is 17.9 Å². The lowest BCUT2D eigenvalue weighted by atomic mass is 9.96. The molecule has 0 unspecified atom stereocenters. The van der Waals surface area contributed by atoms with Crippen LogP contribution in [0.3, 0.4) is 0 Å². The molecule has 0 radical (unpaired) electrons. The Balaban J connectivity index is 2.17. The quantitative estimate of drug-likeness (QED) is 0.683. The van der Waals surface area contributed by atoms with Crippen molar-refractivity contribution in [3.63, 3.8) is 0 Å². The molecule has 2 aromatic rings. The van der Waals surface area contributed by atoms with E-state index in [1.807, 2.05) is 34.6 Å². The number of hydrogen-bond donors (Lipinski definition) is 1. The van der Waals surface area contributed by atoms with Crippen molar-refractivity contribution in [2.75, 3.05) is 17.1 Å². The first-order valence-electron chi connectivity index (χ1n) is 10.00. The molecule has 1 amide bonds. The van der Waals surface area contributed by atoms with Crippen LogP contribution in [0.2, 0.25) is 0 Å². The number of hydrogen-bond acceptors (Lipinski definition) is 4. The van der Waals surface area contributed by atoms with Gasteiger partial charge in [-0.25, -0.2) is 8.42 Å². The Labute approximate surface area is 180 Å². The topological polar surface area (TPSA) is 75.7 Å². The Kier molecular flexibility index (Phi) is 7.53. The Hall–Kier alpha value is -2.54. The van der Waals surface area contributed by atoms with Crippen LogP contribution in [-0.2, 0) is 14.8 Å². The van der Waals surface area contributed by atoms with Gasteiger partial charge < -0.3 is 10.1 Å². The average molecular weight is 433 g/mol. The summed E-state index contributed by atoms with van der Waals surface area (Å²) in [6.45, 7) is 11.5. The Morgan fingerprint density at radius 3 is 2.10 bits per heavy atom. The van der Waals surface area contributed by atoms with E-state index < -0.39 is 10.0 Å². The molecule has 1 N–H and O–H groups in total. The number of carbonyl (C=O) groups is 1. The molecule has 1 atom stereocenters. The second kappa shape index (κ2) is 9.51. The van der Waals surface area contributed by atoms with E-state index in [1.165, 1.54) is 5.56 Å². The number of rotatable bonds is 8. The number of nitrogens with zero attached hydrogens (tertiary/aromatic N) is 1. The van der Waals surface area contributed by atoms with Crippen molar-refractivity contribution in [3.8, 4) is 5.75 Å². The Bertz CT molecular complexity index is 999. The van der Waals surface area contributed by atoms with Crippen LogP contribution in [0.5, 0.6) is 5.75 Å². The molecular weight excluding hydrogens is 400 g/mol. The highest BCUT2D eigenvalue weighted by Crippen LogP contribution is 2.24. The summed E-state index contributed by atoms with van der Waals surface area (Å²) in [5, 5.41) is 2.92. The molecule has 0 heterocycles. The predicted octanol–water partition coefficient (Wildman–Crippen LogP) is 4.04. The molecular formula is C23H32N2O4S. The molecule has 0 saturated heterocycles. The van der Waals surface area contributed by atoms with Crippen LogP contribution in [0.15, 0.2) is 36.4 Å². The van der Waals surface area contributed by atoms with E-state index in [1.54, 1.807) is 24.3 Å². The highest BCUT2D eigenvalue weighted by Gasteiger charge is 2.22. The van der Waals surface area contributed by atoms with Crippen LogP contribution in [0.25, 0.3) is 0 Å². The van der Waals surface area contributed by atoms with E-state index >= 15 is 0 Å². The molecule has 2 rings (SSSR count). The monoisotopic (exact) mass is 432 g/mol. The standard InChI is InChI=1S/C23H32N2O4S/c1-15(2)29-21-10-8-20(9-11-21)25(30(7,27)28)14-23(26)24-19(6)22-13-17(4)16(3)12-18(22)5/h8-13,15,19H,14H2,1-7H3,(H,24,26)/t19-/m0/s1. The van der Waals surface area contributed by atoms with Crippen LogP contribution in [-0.4, -0.2) is 33.2 Å². The van der Waals surface area contributed by atoms with Crippen molar-refractivity contribution in [3.05, 3.63) is 58.7 Å². The number of benzene rings is 2. The van der Waals surface area contributed by atoms with Gasteiger partial charge in [0.25, 0.3) is 0 Å². The van der Waals surface area contributed by atoms with Crippen molar-refractivity contribution in [2.45, 2.75) is 53.7 Å². The molecule has 7 heteroatoms. The summed E-state index contributed by atoms with van der Waals surface area (Å²) in [7, 11) is -3.64. The van der Waals surface area contributed by atoms with Crippen LogP contribution in [0.1, 0.15) is 49.1 Å². The first-order chi connectivity index (χ1) is 13.9. The van der Waals surface area contributed by atoms with Gasteiger partial charge in [0.1, 0.15) is 12.3 Å². The van der Waals surface area contributed by atoms with Crippen LogP contribution in [0.4, 0.5) is 5.69 Å². The fraction of sp³-hybridized carbons (Fsp3) is 0.435. The van der Waals surface area contributed by atoms with Crippen LogP contribution < -0.4 is 14.4 Å². The van der Waals surface area contributed by atoms with E-state index in [9.17, 15) is 13.2 Å². The molecule has 6 nitrogen and oxygen atoms in total. The first-order valence-corrected chi connectivity index (χ1v) is 11.8. The van der Waals surface area contributed by atoms with Gasteiger partial charge in [0.2, 0.25) is 15.9 Å². The van der Waals surface area contributed by atoms with Crippen molar-refractivity contribution in [1.29, 1.82) is 0 Å². The maximum Gasteiger partial charge on any atom is 0.241 e. The molecule has 0 spiro atoms. The number of nitrogens with one attached hydrogen (secondary N) is 1. The lowest BCUT2D eigenvalue weighted by Crippen LogP contribution is -2.41. The molecule has 0 fully saturated rings. The number of aryl methyl sites for hydroxylation is 3. The fourth-order valence-electron chi connectivity index (χ4n) is 3.31. The summed E-state index contributed by atoms with van der Waals surface area (Å²) >= 11 is 0. The molecule has 0 saturated carbocycles. The Morgan fingerprint density at radius 2 is 1.57 bits per heavy atom. The summed E-state index contributed by atoms with van der Waals surface area (Å²) in [4.78, 5) is 12.7. The van der Waals surface area contributed by atoms with E-state index in [4.69, 9.17) is 4.74 Å². The number of sulfonamides is 1. The number of ether oxygens (including phenoxy) is 1. The van der Waals surface area contributed by atoms with Gasteiger partial charge in [-0.05, 0) is 88.1 Å². The lowest BCUT2D eigenvalue weighted by molar-refractivity contribution is -0.120. The van der Waals surface area contributed by atoms with Gasteiger partial charge in [-0.15, -0.1) is 0 Å². The van der Waals surface area contributed by atoms with Gasteiger partial charge in [0.15, 0.2) is 0 Å². The van der Waals surface area contributed by atoms with E-state index in [0.29, 0.717) is 11.4 Å². The second-order valence-corrected chi connectivity index (χ2v) is 9.92. The third-order valence-electron chi connectivity index (χ3n) is 4.91. The SMILES string of the molecule is Cc1cc(C)c([C@H](C)NC(=O)CN(c2ccc(OC(C)C)cc2)S(C)(=O)=O)cc1C. The number of carbonyl (C=O) groups excluding carboxylic acids is 1. The van der Waals surface area contributed by atoms with Gasteiger partial charge in [0, 0.05) is 0 Å². The minimum absolute atomic E-state index is 0.0167. The molecule has 30 heavy (non-hydrogen) atoms. The summed E-state index contributed by atoms with van der Waals surface area (Å²) in [6.07, 6.45) is 1.11. The molecule has 0 bridgehead atoms. The van der Waals surface area contributed by atoms with Gasteiger partial charge >= 0.3 is 0 Å². The lowest BCUT2D eigenvalue weighted by Gasteiger charge is -2.24. The number of anilines is 1. The molecule has 2 aromatic carbocycles. The fourth-order valence-corrected chi connectivity index (χ4v) is 4.16. The normalized spacial score (nSPS) is 12.5. The highest BCUT2D eigenvalue weighted by atomic mass is 32.2. The average Bonchev–Trinajstić information content (AvgIpc) is 2.62. The van der Waals surface area contributed by atoms with E-state index in [2.05, 4.69) is 24.4 Å². The third-order valence-corrected chi connectivity index (χ3v) is 6.05. The zero-order valence-electron chi connectivity index (χ0n) is 18.8. The second-order valence-electron chi connectivity index (χ2n) is 8.01. The molecule has 0 aliphatic heterocycles. The minimum atomic E-state index is -3.64. The molecule has 164 valence electrons. The zero-order valence-corrected chi connectivity index (χ0v) is 19.6. The van der Waals surface area contributed by atoms with Gasteiger partial charge in [-0.1, -0.05) is 12.1 Å². The summed E-state index contributed by atoms with van der Waals surface area (Å²) in [5.41, 5.74) is 4.87. The largest absolute Gasteiger partial charge is 0.491 e. The van der Waals surface area contributed by atoms with Crippen LogP contribution in [0, 0.1) is 20.8 Å². The van der Waals surface area contributed by atoms with Crippen LogP contribution >= 0.6 is 0 Å². The minimum Gasteiger partial charge on any atom is -0.491 e. The zero-order chi connectivity index (χ0) is 22.6. The van der Waals surface area contributed by atoms with Crippen molar-refractivity contribution in [1.82, 2.24) is 5.32 Å². The third kappa shape index (κ3) is 6.23. The maximum absolute atomic E-state index is 12.7. The Morgan fingerprint density at radius 1 is 1.00 bits per heavy atom. The molecule has 0 aliphatic carbocycles. The van der Waals surface area contributed by atoms with Crippen molar-refractivity contribution in [2.24, 2.45) is 0 Å². The predicted molar refractivity (Wildman–Crippen MR) is 122 cm³/mol. The van der Waals surface area contributed by atoms with E-state index in [0.717, 1.165) is 27.3 Å². The smallest absolute Gasteiger partial charge is 0.241 e. The highest BCUT2D eigenvalue weighted by molar-refractivity contribution is 7.92. The maximum atomic E-state index is 12.7. The summed E-state index contributed by atoms with van der Waals surface area (Å²) in [6, 6.07) is 10.6. The molecule has 0 aliphatic rings. The van der Waals surface area contributed by atoms with E-state index in [-0.39, 0.29) is 24.6 Å². The molecule has 0 aromatic heterocycles. The number of amides is 1. The van der Waals surface area contributed by atoms with Gasteiger partial charge in [-0.3, -0.25) is 9.10 Å². The van der Waals surface area contributed by atoms with Gasteiger partial charge in [-0.2, -0.15) is 0 Å². The summed E-state index contributed by atoms with van der Waals surface area (Å²) in [5.74, 6) is 0.276. The van der Waals surface area contributed by atoms with Crippen molar-refractivity contribution >= 4 is 21.6 Å². The summed E-state index contributed by atoms with van der Waals surface area (Å²) < 4.78 is 31.4. The van der Waals surface area contributed by atoms with Gasteiger partial charge in [0.05, 0.1) is 24.1 Å².